The number of carbonyl (C=O) groups is 1. The molecule has 5 nitrogen and oxygen atoms in total. The van der Waals surface area contributed by atoms with Gasteiger partial charge in [0, 0.05) is 10.6 Å². The number of hydrazone groups is 1. The van der Waals surface area contributed by atoms with E-state index in [1.807, 2.05) is 0 Å². The Balaban J connectivity index is 2.10. The van der Waals surface area contributed by atoms with E-state index in [9.17, 15) is 9.90 Å². The van der Waals surface area contributed by atoms with Crippen molar-refractivity contribution in [1.29, 1.82) is 0 Å². The summed E-state index contributed by atoms with van der Waals surface area (Å²) in [4.78, 5) is 11.9. The van der Waals surface area contributed by atoms with Crippen molar-refractivity contribution in [3.05, 3.63) is 57.0 Å². The third-order valence-corrected chi connectivity index (χ3v) is 3.58. The van der Waals surface area contributed by atoms with Gasteiger partial charge in [0.2, 0.25) is 0 Å². The van der Waals surface area contributed by atoms with E-state index in [2.05, 4.69) is 26.5 Å². The van der Waals surface area contributed by atoms with Gasteiger partial charge in [-0.2, -0.15) is 5.10 Å². The van der Waals surface area contributed by atoms with Crippen LogP contribution in [0.25, 0.3) is 0 Å². The molecule has 0 unspecified atom stereocenters. The fraction of sp³-hybridized carbons (Fsp3) is 0.0667. The number of benzene rings is 2. The van der Waals surface area contributed by atoms with E-state index in [0.717, 1.165) is 0 Å². The average Bonchev–Trinajstić information content (AvgIpc) is 2.50. The number of methoxy groups -OCH3 is 1. The van der Waals surface area contributed by atoms with Gasteiger partial charge in [-0.25, -0.2) is 5.43 Å². The molecule has 2 N–H and O–H groups in total. The highest BCUT2D eigenvalue weighted by atomic mass is 79.9. The van der Waals surface area contributed by atoms with E-state index < -0.39 is 0 Å². The number of nitrogens with zero attached hydrogens (tertiary/aromatic N) is 1. The molecule has 22 heavy (non-hydrogen) atoms. The first-order chi connectivity index (χ1) is 10.5. The third-order valence-electron chi connectivity index (χ3n) is 2.74. The summed E-state index contributed by atoms with van der Waals surface area (Å²) in [7, 11) is 1.45. The molecule has 0 radical (unpaired) electrons. The van der Waals surface area contributed by atoms with E-state index >= 15 is 0 Å². The molecule has 0 saturated heterocycles. The van der Waals surface area contributed by atoms with Crippen molar-refractivity contribution in [2.24, 2.45) is 5.10 Å². The molecule has 0 heterocycles. The minimum atomic E-state index is -0.372. The largest absolute Gasteiger partial charge is 0.503 e. The molecule has 0 aliphatic rings. The fourth-order valence-corrected chi connectivity index (χ4v) is 2.33. The Bertz CT molecular complexity index is 735. The lowest BCUT2D eigenvalue weighted by molar-refractivity contribution is 0.0955. The summed E-state index contributed by atoms with van der Waals surface area (Å²) in [5.41, 5.74) is 3.46. The maximum absolute atomic E-state index is 11.9. The summed E-state index contributed by atoms with van der Waals surface area (Å²) in [6, 6.07) is 9.79. The van der Waals surface area contributed by atoms with Gasteiger partial charge in [0.1, 0.15) is 0 Å². The Morgan fingerprint density at radius 2 is 2.18 bits per heavy atom. The van der Waals surface area contributed by atoms with Crippen LogP contribution in [0.4, 0.5) is 0 Å². The summed E-state index contributed by atoms with van der Waals surface area (Å²) in [6.45, 7) is 0. The molecule has 0 fully saturated rings. The van der Waals surface area contributed by atoms with Crippen LogP contribution in [0.3, 0.4) is 0 Å². The van der Waals surface area contributed by atoms with Crippen LogP contribution in [0.1, 0.15) is 15.9 Å². The predicted octanol–water partition coefficient (Wildman–Crippen LogP) is 3.58. The van der Waals surface area contributed by atoms with Crippen LogP contribution in [0.5, 0.6) is 11.5 Å². The average molecular weight is 384 g/mol. The fourth-order valence-electron chi connectivity index (χ4n) is 1.68. The Hall–Kier alpha value is -2.05. The molecule has 0 aromatic heterocycles. The Kier molecular flexibility index (Phi) is 5.41. The van der Waals surface area contributed by atoms with Gasteiger partial charge in [-0.1, -0.05) is 17.7 Å². The van der Waals surface area contributed by atoms with Gasteiger partial charge in [0.25, 0.3) is 5.91 Å². The highest BCUT2D eigenvalue weighted by molar-refractivity contribution is 9.10. The normalized spacial score (nSPS) is 10.7. The highest BCUT2D eigenvalue weighted by Gasteiger charge is 2.08. The van der Waals surface area contributed by atoms with E-state index in [1.54, 1.807) is 36.4 Å². The van der Waals surface area contributed by atoms with Gasteiger partial charge in [-0.3, -0.25) is 4.79 Å². The lowest BCUT2D eigenvalue weighted by atomic mass is 10.2. The van der Waals surface area contributed by atoms with Gasteiger partial charge in [0.05, 0.1) is 17.8 Å². The lowest BCUT2D eigenvalue weighted by Crippen LogP contribution is -2.17. The van der Waals surface area contributed by atoms with E-state index in [1.165, 1.54) is 13.3 Å². The maximum atomic E-state index is 11.9. The maximum Gasteiger partial charge on any atom is 0.271 e. The second-order valence-corrected chi connectivity index (χ2v) is 5.55. The quantitative estimate of drug-likeness (QED) is 0.626. The van der Waals surface area contributed by atoms with Crippen molar-refractivity contribution in [3.8, 4) is 11.5 Å². The van der Waals surface area contributed by atoms with Crippen molar-refractivity contribution in [1.82, 2.24) is 5.43 Å². The monoisotopic (exact) mass is 382 g/mol. The molecular formula is C15H12BrClN2O3. The molecule has 2 aromatic carbocycles. The predicted molar refractivity (Wildman–Crippen MR) is 88.9 cm³/mol. The van der Waals surface area contributed by atoms with Crippen molar-refractivity contribution < 1.29 is 14.6 Å². The Morgan fingerprint density at radius 1 is 1.41 bits per heavy atom. The van der Waals surface area contributed by atoms with Crippen LogP contribution < -0.4 is 10.2 Å². The van der Waals surface area contributed by atoms with Crippen LogP contribution >= 0.6 is 27.5 Å². The summed E-state index contributed by atoms with van der Waals surface area (Å²) in [5, 5.41) is 14.1. The number of phenolic OH excluding ortho intramolecular Hbond substituents is 1. The van der Waals surface area contributed by atoms with Crippen LogP contribution in [-0.2, 0) is 0 Å². The second kappa shape index (κ2) is 7.29. The van der Waals surface area contributed by atoms with Gasteiger partial charge in [0.15, 0.2) is 11.5 Å². The van der Waals surface area contributed by atoms with Gasteiger partial charge >= 0.3 is 0 Å². The molecule has 0 aliphatic heterocycles. The summed E-state index contributed by atoms with van der Waals surface area (Å²) in [5.74, 6) is -0.0665. The van der Waals surface area contributed by atoms with Gasteiger partial charge < -0.3 is 9.84 Å². The van der Waals surface area contributed by atoms with Crippen molar-refractivity contribution >= 4 is 39.7 Å². The molecule has 0 saturated carbocycles. The number of hydrogen-bond acceptors (Lipinski definition) is 4. The third kappa shape index (κ3) is 3.99. The molecule has 0 atom stereocenters. The Morgan fingerprint density at radius 3 is 2.86 bits per heavy atom. The SMILES string of the molecule is COc1cc(C=NNC(=O)c2cccc(Cl)c2)cc(Br)c1O. The number of rotatable bonds is 4. The standard InChI is InChI=1S/C15H12BrClN2O3/c1-22-13-6-9(5-12(16)14(13)20)8-18-19-15(21)10-3-2-4-11(17)7-10/h2-8,20H,1H3,(H,19,21). The Labute approximate surface area is 140 Å². The number of nitrogens with one attached hydrogen (secondary N) is 1. The van der Waals surface area contributed by atoms with Crippen LogP contribution in [0, 0.1) is 0 Å². The smallest absolute Gasteiger partial charge is 0.271 e. The van der Waals surface area contributed by atoms with Gasteiger partial charge in [-0.15, -0.1) is 0 Å². The van der Waals surface area contributed by atoms with E-state index in [-0.39, 0.29) is 11.7 Å². The van der Waals surface area contributed by atoms with Crippen molar-refractivity contribution in [3.63, 3.8) is 0 Å². The zero-order valence-corrected chi connectivity index (χ0v) is 13.9. The minimum Gasteiger partial charge on any atom is -0.503 e. The van der Waals surface area contributed by atoms with E-state index in [0.29, 0.717) is 26.4 Å². The first-order valence-corrected chi connectivity index (χ1v) is 7.34. The number of amides is 1. The summed E-state index contributed by atoms with van der Waals surface area (Å²) < 4.78 is 5.50. The van der Waals surface area contributed by atoms with Crippen LogP contribution in [-0.4, -0.2) is 24.3 Å². The lowest BCUT2D eigenvalue weighted by Gasteiger charge is -2.06. The first kappa shape index (κ1) is 16.3. The number of halogens is 2. The van der Waals surface area contributed by atoms with Crippen LogP contribution in [0.2, 0.25) is 5.02 Å². The number of ether oxygens (including phenoxy) is 1. The van der Waals surface area contributed by atoms with Gasteiger partial charge in [-0.05, 0) is 51.8 Å². The molecule has 7 heteroatoms. The number of aromatic hydroxyl groups is 1. The molecule has 0 bridgehead atoms. The second-order valence-electron chi connectivity index (χ2n) is 4.26. The van der Waals surface area contributed by atoms with E-state index in [4.69, 9.17) is 16.3 Å². The number of phenols is 1. The topological polar surface area (TPSA) is 70.9 Å². The molecule has 1 amide bonds. The zero-order chi connectivity index (χ0) is 16.1. The zero-order valence-electron chi connectivity index (χ0n) is 11.5. The van der Waals surface area contributed by atoms with Crippen molar-refractivity contribution in [2.75, 3.05) is 7.11 Å². The minimum absolute atomic E-state index is 0.00242. The molecule has 2 aromatic rings. The summed E-state index contributed by atoms with van der Waals surface area (Å²) >= 11 is 9.03. The van der Waals surface area contributed by atoms with Crippen molar-refractivity contribution in [2.45, 2.75) is 0 Å². The molecule has 114 valence electrons. The first-order valence-electron chi connectivity index (χ1n) is 6.16. The molecular weight excluding hydrogens is 372 g/mol. The summed E-state index contributed by atoms with van der Waals surface area (Å²) in [6.07, 6.45) is 1.44. The number of carbonyl (C=O) groups excluding carboxylic acids is 1. The molecule has 0 aliphatic carbocycles. The number of hydrogen-bond donors (Lipinski definition) is 2. The van der Waals surface area contributed by atoms with Crippen LogP contribution in [0.15, 0.2) is 46.0 Å². The molecule has 0 spiro atoms. The highest BCUT2D eigenvalue weighted by Crippen LogP contribution is 2.34. The molecule has 2 rings (SSSR count).